The summed E-state index contributed by atoms with van der Waals surface area (Å²) in [5, 5.41) is 0. The molecule has 1 heteroatoms. The first-order valence-corrected chi connectivity index (χ1v) is 9.03. The van der Waals surface area contributed by atoms with Crippen molar-refractivity contribution in [2.75, 3.05) is 13.7 Å². The molecule has 0 aliphatic heterocycles. The van der Waals surface area contributed by atoms with Crippen LogP contribution < -0.4 is 0 Å². The number of hydrogen-bond donors (Lipinski definition) is 0. The summed E-state index contributed by atoms with van der Waals surface area (Å²) in [6, 6.07) is 0. The van der Waals surface area contributed by atoms with Crippen molar-refractivity contribution in [2.45, 2.75) is 73.1 Å². The molecule has 2 bridgehead atoms. The molecule has 0 amide bonds. The highest BCUT2D eigenvalue weighted by molar-refractivity contribution is 5.42. The molecular formula is C20H34O. The molecule has 1 unspecified atom stereocenters. The molecule has 2 saturated carbocycles. The second kappa shape index (κ2) is 4.85. The van der Waals surface area contributed by atoms with Gasteiger partial charge in [-0.05, 0) is 60.7 Å². The first-order valence-electron chi connectivity index (χ1n) is 9.03. The van der Waals surface area contributed by atoms with Crippen LogP contribution in [0.5, 0.6) is 0 Å². The van der Waals surface area contributed by atoms with E-state index in [0.29, 0.717) is 22.2 Å². The summed E-state index contributed by atoms with van der Waals surface area (Å²) in [4.78, 5) is 0. The minimum absolute atomic E-state index is 0.423. The molecule has 120 valence electrons. The molecule has 0 saturated heterocycles. The Labute approximate surface area is 131 Å². The quantitative estimate of drug-likeness (QED) is 0.612. The topological polar surface area (TPSA) is 9.23 Å². The molecule has 3 aliphatic carbocycles. The van der Waals surface area contributed by atoms with Crippen LogP contribution in [0.2, 0.25) is 0 Å². The van der Waals surface area contributed by atoms with Crippen LogP contribution in [-0.2, 0) is 4.74 Å². The minimum Gasteiger partial charge on any atom is -0.384 e. The van der Waals surface area contributed by atoms with E-state index >= 15 is 0 Å². The molecule has 3 atom stereocenters. The maximum Gasteiger partial charge on any atom is 0.0527 e. The molecule has 0 heterocycles. The number of fused-ring (bicyclic) bond motifs is 1. The van der Waals surface area contributed by atoms with Crippen molar-refractivity contribution < 1.29 is 4.74 Å². The van der Waals surface area contributed by atoms with Gasteiger partial charge in [0, 0.05) is 13.0 Å². The van der Waals surface area contributed by atoms with Crippen LogP contribution in [0.3, 0.4) is 0 Å². The maximum atomic E-state index is 5.56. The third-order valence-electron chi connectivity index (χ3n) is 7.65. The van der Waals surface area contributed by atoms with Crippen LogP contribution in [-0.4, -0.2) is 13.7 Å². The highest BCUT2D eigenvalue weighted by atomic mass is 16.5. The van der Waals surface area contributed by atoms with Crippen molar-refractivity contribution in [1.82, 2.24) is 0 Å². The van der Waals surface area contributed by atoms with Gasteiger partial charge in [0.1, 0.15) is 0 Å². The van der Waals surface area contributed by atoms with Crippen LogP contribution in [0.15, 0.2) is 11.1 Å². The lowest BCUT2D eigenvalue weighted by atomic mass is 9.51. The van der Waals surface area contributed by atoms with Gasteiger partial charge in [-0.2, -0.15) is 0 Å². The van der Waals surface area contributed by atoms with Gasteiger partial charge in [-0.25, -0.2) is 0 Å². The highest BCUT2D eigenvalue weighted by Gasteiger charge is 2.65. The number of rotatable bonds is 4. The molecule has 0 aromatic carbocycles. The molecule has 1 nitrogen and oxygen atoms in total. The summed E-state index contributed by atoms with van der Waals surface area (Å²) in [6.45, 7) is 13.4. The zero-order valence-corrected chi connectivity index (χ0v) is 15.0. The largest absolute Gasteiger partial charge is 0.384 e. The van der Waals surface area contributed by atoms with E-state index in [1.165, 1.54) is 38.5 Å². The Morgan fingerprint density at radius 1 is 1.19 bits per heavy atom. The summed E-state index contributed by atoms with van der Waals surface area (Å²) in [6.07, 6.45) is 8.25. The maximum absolute atomic E-state index is 5.56. The van der Waals surface area contributed by atoms with E-state index in [0.717, 1.165) is 12.5 Å². The highest BCUT2D eigenvalue weighted by Crippen LogP contribution is 2.75. The molecular weight excluding hydrogens is 256 g/mol. The van der Waals surface area contributed by atoms with Gasteiger partial charge in [-0.15, -0.1) is 0 Å². The van der Waals surface area contributed by atoms with Crippen molar-refractivity contribution in [2.24, 2.45) is 28.1 Å². The summed E-state index contributed by atoms with van der Waals surface area (Å²) in [5.74, 6) is 1.57. The Bertz CT molecular complexity index is 456. The molecule has 0 radical (unpaired) electrons. The fourth-order valence-electron chi connectivity index (χ4n) is 6.27. The second-order valence-electron chi connectivity index (χ2n) is 9.09. The Kier molecular flexibility index (Phi) is 3.60. The predicted octanol–water partition coefficient (Wildman–Crippen LogP) is 5.60. The van der Waals surface area contributed by atoms with Gasteiger partial charge in [0.25, 0.3) is 0 Å². The van der Waals surface area contributed by atoms with Crippen LogP contribution in [0.1, 0.15) is 73.1 Å². The van der Waals surface area contributed by atoms with Crippen molar-refractivity contribution in [3.8, 4) is 0 Å². The lowest BCUT2D eigenvalue weighted by Gasteiger charge is -2.54. The number of ether oxygens (including phenoxy) is 1. The second-order valence-corrected chi connectivity index (χ2v) is 9.09. The van der Waals surface area contributed by atoms with E-state index in [2.05, 4.69) is 34.6 Å². The van der Waals surface area contributed by atoms with Gasteiger partial charge in [0.05, 0.1) is 6.61 Å². The molecule has 3 rings (SSSR count). The minimum atomic E-state index is 0.423. The third kappa shape index (κ3) is 1.92. The summed E-state index contributed by atoms with van der Waals surface area (Å²) >= 11 is 0. The zero-order valence-electron chi connectivity index (χ0n) is 15.0. The molecule has 1 spiro atoms. The van der Waals surface area contributed by atoms with Crippen LogP contribution >= 0.6 is 0 Å². The summed E-state index contributed by atoms with van der Waals surface area (Å²) in [5.41, 5.74) is 5.10. The molecule has 0 N–H and O–H groups in total. The van der Waals surface area contributed by atoms with E-state index < -0.39 is 0 Å². The van der Waals surface area contributed by atoms with Gasteiger partial charge in [0.15, 0.2) is 0 Å². The van der Waals surface area contributed by atoms with E-state index in [9.17, 15) is 0 Å². The third-order valence-corrected chi connectivity index (χ3v) is 7.65. The fraction of sp³-hybridized carbons (Fsp3) is 0.900. The Morgan fingerprint density at radius 2 is 1.90 bits per heavy atom. The lowest BCUT2D eigenvalue weighted by molar-refractivity contribution is 0.0763. The summed E-state index contributed by atoms with van der Waals surface area (Å²) in [7, 11) is 1.86. The van der Waals surface area contributed by atoms with Crippen LogP contribution in [0.25, 0.3) is 0 Å². The van der Waals surface area contributed by atoms with Crippen LogP contribution in [0, 0.1) is 28.1 Å². The smallest absolute Gasteiger partial charge is 0.0527 e. The molecule has 0 aromatic rings. The van der Waals surface area contributed by atoms with Gasteiger partial charge in [-0.1, -0.05) is 45.8 Å². The summed E-state index contributed by atoms with van der Waals surface area (Å²) < 4.78 is 5.56. The van der Waals surface area contributed by atoms with Gasteiger partial charge < -0.3 is 4.74 Å². The average molecular weight is 290 g/mol. The normalized spacial score (nSPS) is 37.7. The Hall–Kier alpha value is -0.300. The van der Waals surface area contributed by atoms with Crippen molar-refractivity contribution in [3.63, 3.8) is 0 Å². The monoisotopic (exact) mass is 290 g/mol. The fourth-order valence-corrected chi connectivity index (χ4v) is 6.27. The van der Waals surface area contributed by atoms with Gasteiger partial charge in [0.2, 0.25) is 0 Å². The van der Waals surface area contributed by atoms with E-state index in [4.69, 9.17) is 4.74 Å². The number of methoxy groups -OCH3 is 1. The molecule has 0 aromatic heterocycles. The molecule has 2 fully saturated rings. The van der Waals surface area contributed by atoms with Crippen molar-refractivity contribution in [3.05, 3.63) is 11.1 Å². The predicted molar refractivity (Wildman–Crippen MR) is 89.3 cm³/mol. The van der Waals surface area contributed by atoms with E-state index in [1.807, 2.05) is 12.7 Å². The standard InChI is InChI=1S/C20H34O/c1-7-14(13-21-6)16-9-10-18(2,3)20-11-8-15(12-20)19(4,5)17(16)20/h14-15H,7-13H2,1-6H3/t14?,15-,20-/m0/s1. The van der Waals surface area contributed by atoms with Crippen molar-refractivity contribution in [1.29, 1.82) is 0 Å². The zero-order chi connectivity index (χ0) is 15.5. The Morgan fingerprint density at radius 3 is 2.52 bits per heavy atom. The SMILES string of the molecule is CCC(COC)C1=C2C(C)(C)[C@H]3CC[C@@]2(C3)C(C)(C)CC1. The molecule has 21 heavy (non-hydrogen) atoms. The number of allylic oxidation sites excluding steroid dienone is 1. The average Bonchev–Trinajstić information content (AvgIpc) is 2.94. The van der Waals surface area contributed by atoms with E-state index in [-0.39, 0.29) is 0 Å². The number of hydrogen-bond acceptors (Lipinski definition) is 1. The lowest BCUT2D eigenvalue weighted by Crippen LogP contribution is -2.44. The van der Waals surface area contributed by atoms with Gasteiger partial charge >= 0.3 is 0 Å². The first-order chi connectivity index (χ1) is 9.80. The molecule has 3 aliphatic rings. The first kappa shape index (κ1) is 15.6. The van der Waals surface area contributed by atoms with Crippen molar-refractivity contribution >= 4 is 0 Å². The Balaban J connectivity index is 2.14. The van der Waals surface area contributed by atoms with Gasteiger partial charge in [-0.3, -0.25) is 0 Å². The van der Waals surface area contributed by atoms with Crippen LogP contribution in [0.4, 0.5) is 0 Å². The van der Waals surface area contributed by atoms with E-state index in [1.54, 1.807) is 5.57 Å².